The molecular formula is C35H53F2N7O2. The number of halogens is 2. The molecular weight excluding hydrogens is 588 g/mol. The van der Waals surface area contributed by atoms with E-state index in [0.29, 0.717) is 26.1 Å². The van der Waals surface area contributed by atoms with E-state index >= 15 is 8.78 Å². The molecule has 4 bridgehead atoms. The Hall–Kier alpha value is -2.50. The number of carbonyl (C=O) groups excluding carboxylic acids is 2. The molecule has 3 amide bonds. The number of hydrogen-bond acceptors (Lipinski definition) is 5. The van der Waals surface area contributed by atoms with Gasteiger partial charge in [-0.25, -0.2) is 13.6 Å². The van der Waals surface area contributed by atoms with Crippen LogP contribution in [0, 0.1) is 23.7 Å². The standard InChI is InChI=1S/C35H53F2N7O2/c1-5-28(45)42-15-16-43(21(4)18-42)33-25-17-27(37)31-29-24(7-6-8-26(29)36)23-11-14-41(19-23)13-10-22-9-12-38-30(20(2)3)32(22)44(34(25)39-31)35(46)40-33/h5,11,14,19-22,24-27,29-34,38-39H,1,6-10,12-13,15-18H2,2-4H3,(H,40,46)/t21-,22?,24?,25?,26?,27?,29?,30?,31?,32?,33?,34?/m0/s1. The number of hydrogen-bond donors (Lipinski definition) is 3. The number of rotatable bonds is 3. The molecule has 9 nitrogen and oxygen atoms in total. The number of urea groups is 1. The second kappa shape index (κ2) is 12.8. The Labute approximate surface area is 272 Å². The second-order valence-corrected chi connectivity index (χ2v) is 15.3. The highest BCUT2D eigenvalue weighted by atomic mass is 19.1. The number of alkyl halides is 2. The maximum absolute atomic E-state index is 16.8. The maximum atomic E-state index is 16.8. The van der Waals surface area contributed by atoms with Crippen LogP contribution in [0.3, 0.4) is 0 Å². The predicted octanol–water partition coefficient (Wildman–Crippen LogP) is 3.83. The minimum absolute atomic E-state index is 0.0335. The Morgan fingerprint density at radius 1 is 1.09 bits per heavy atom. The van der Waals surface area contributed by atoms with E-state index in [2.05, 4.69) is 71.2 Å². The average molecular weight is 642 g/mol. The van der Waals surface area contributed by atoms with Crippen LogP contribution >= 0.6 is 0 Å². The Morgan fingerprint density at radius 3 is 2.67 bits per heavy atom. The highest BCUT2D eigenvalue weighted by Gasteiger charge is 2.57. The molecule has 6 aliphatic rings. The van der Waals surface area contributed by atoms with Crippen LogP contribution in [-0.4, -0.2) is 106 Å². The molecule has 5 aliphatic heterocycles. The van der Waals surface area contributed by atoms with E-state index in [1.807, 2.05) is 4.90 Å². The van der Waals surface area contributed by atoms with Crippen LogP contribution in [0.5, 0.6) is 0 Å². The van der Waals surface area contributed by atoms with Gasteiger partial charge in [0, 0.05) is 68.5 Å². The van der Waals surface area contributed by atoms with Crippen molar-refractivity contribution >= 4 is 11.9 Å². The fourth-order valence-electron chi connectivity index (χ4n) is 10.2. The lowest BCUT2D eigenvalue weighted by Gasteiger charge is -2.60. The molecule has 1 aromatic rings. The van der Waals surface area contributed by atoms with Crippen molar-refractivity contribution in [1.82, 2.24) is 35.2 Å². The van der Waals surface area contributed by atoms with Crippen molar-refractivity contribution in [3.63, 3.8) is 0 Å². The van der Waals surface area contributed by atoms with Crippen LogP contribution in [0.1, 0.15) is 70.8 Å². The predicted molar refractivity (Wildman–Crippen MR) is 173 cm³/mol. The van der Waals surface area contributed by atoms with E-state index < -0.39 is 36.6 Å². The van der Waals surface area contributed by atoms with Gasteiger partial charge in [-0.05, 0) is 87.5 Å². The summed E-state index contributed by atoms with van der Waals surface area (Å²) in [6.07, 6.45) is 6.67. The molecule has 12 atom stereocenters. The summed E-state index contributed by atoms with van der Waals surface area (Å²) < 4.78 is 35.2. The summed E-state index contributed by atoms with van der Waals surface area (Å²) in [6, 6.07) is 1.27. The molecule has 46 heavy (non-hydrogen) atoms. The zero-order chi connectivity index (χ0) is 32.3. The summed E-state index contributed by atoms with van der Waals surface area (Å²) in [6.45, 7) is 13.5. The molecule has 3 N–H and O–H groups in total. The van der Waals surface area contributed by atoms with Gasteiger partial charge in [-0.2, -0.15) is 0 Å². The van der Waals surface area contributed by atoms with Crippen molar-refractivity contribution in [3.05, 3.63) is 36.7 Å². The van der Waals surface area contributed by atoms with Crippen LogP contribution in [0.25, 0.3) is 0 Å². The molecule has 4 saturated heterocycles. The van der Waals surface area contributed by atoms with Gasteiger partial charge in [0.1, 0.15) is 12.3 Å². The first-order chi connectivity index (χ1) is 22.2. The third-order valence-electron chi connectivity index (χ3n) is 12.4. The highest BCUT2D eigenvalue weighted by Crippen LogP contribution is 2.47. The van der Waals surface area contributed by atoms with Crippen molar-refractivity contribution in [2.24, 2.45) is 23.7 Å². The highest BCUT2D eigenvalue weighted by molar-refractivity contribution is 5.87. The zero-order valence-electron chi connectivity index (χ0n) is 27.7. The van der Waals surface area contributed by atoms with Crippen molar-refractivity contribution in [3.8, 4) is 0 Å². The van der Waals surface area contributed by atoms with E-state index in [1.54, 1.807) is 4.90 Å². The van der Waals surface area contributed by atoms with Crippen molar-refractivity contribution in [2.45, 2.75) is 121 Å². The van der Waals surface area contributed by atoms with E-state index in [4.69, 9.17) is 0 Å². The second-order valence-electron chi connectivity index (χ2n) is 15.3. The molecule has 1 aliphatic carbocycles. The number of nitrogens with zero attached hydrogens (tertiary/aromatic N) is 4. The zero-order valence-corrected chi connectivity index (χ0v) is 27.7. The largest absolute Gasteiger partial charge is 0.354 e. The summed E-state index contributed by atoms with van der Waals surface area (Å²) in [4.78, 5) is 33.1. The molecule has 1 saturated carbocycles. The van der Waals surface area contributed by atoms with Gasteiger partial charge in [-0.15, -0.1) is 0 Å². The van der Waals surface area contributed by atoms with Gasteiger partial charge in [0.25, 0.3) is 0 Å². The van der Waals surface area contributed by atoms with E-state index in [0.717, 1.165) is 44.3 Å². The fraction of sp³-hybridized carbons (Fsp3) is 0.771. The smallest absolute Gasteiger partial charge is 0.320 e. The number of aryl methyl sites for hydroxylation is 1. The number of aromatic nitrogens is 1. The number of nitrogens with one attached hydrogen (secondary N) is 3. The molecule has 6 heterocycles. The van der Waals surface area contributed by atoms with Gasteiger partial charge < -0.3 is 25.0 Å². The van der Waals surface area contributed by atoms with E-state index in [9.17, 15) is 9.59 Å². The van der Waals surface area contributed by atoms with Crippen molar-refractivity contribution in [1.29, 1.82) is 0 Å². The van der Waals surface area contributed by atoms with E-state index in [-0.39, 0.29) is 60.2 Å². The van der Waals surface area contributed by atoms with Crippen molar-refractivity contribution < 1.29 is 18.4 Å². The molecule has 7 rings (SSSR count). The Morgan fingerprint density at radius 2 is 1.91 bits per heavy atom. The molecule has 5 fully saturated rings. The quantitative estimate of drug-likeness (QED) is 0.438. The number of piperazine rings is 1. The molecule has 11 unspecified atom stereocenters. The topological polar surface area (TPSA) is 84.9 Å². The minimum Gasteiger partial charge on any atom is -0.354 e. The van der Waals surface area contributed by atoms with Crippen LogP contribution < -0.4 is 16.0 Å². The molecule has 0 radical (unpaired) electrons. The molecule has 1 aromatic heterocycles. The lowest BCUT2D eigenvalue weighted by molar-refractivity contribution is -0.132. The first kappa shape index (κ1) is 32.1. The average Bonchev–Trinajstić information content (AvgIpc) is 3.52. The van der Waals surface area contributed by atoms with Gasteiger partial charge in [0.15, 0.2) is 0 Å². The first-order valence-electron chi connectivity index (χ1n) is 17.9. The van der Waals surface area contributed by atoms with Crippen LogP contribution in [0.2, 0.25) is 0 Å². The monoisotopic (exact) mass is 641 g/mol. The normalized spacial score (nSPS) is 41.7. The van der Waals surface area contributed by atoms with Gasteiger partial charge in [-0.3, -0.25) is 15.0 Å². The number of carbonyl (C=O) groups is 2. The summed E-state index contributed by atoms with van der Waals surface area (Å²) >= 11 is 0. The molecule has 11 heteroatoms. The van der Waals surface area contributed by atoms with Gasteiger partial charge >= 0.3 is 6.03 Å². The van der Waals surface area contributed by atoms with Gasteiger partial charge in [0.2, 0.25) is 5.91 Å². The Kier molecular flexibility index (Phi) is 8.95. The van der Waals surface area contributed by atoms with Crippen LogP contribution in [0.4, 0.5) is 13.6 Å². The summed E-state index contributed by atoms with van der Waals surface area (Å²) in [5, 5.41) is 10.9. The summed E-state index contributed by atoms with van der Waals surface area (Å²) in [7, 11) is 0. The third-order valence-corrected chi connectivity index (χ3v) is 12.4. The summed E-state index contributed by atoms with van der Waals surface area (Å²) in [5.74, 6) is -0.363. The Balaban J connectivity index is 1.29. The minimum atomic E-state index is -1.25. The van der Waals surface area contributed by atoms with Gasteiger partial charge in [-0.1, -0.05) is 20.4 Å². The third kappa shape index (κ3) is 5.57. The van der Waals surface area contributed by atoms with Gasteiger partial charge in [0.05, 0.1) is 18.4 Å². The van der Waals surface area contributed by atoms with E-state index in [1.165, 1.54) is 6.08 Å². The van der Waals surface area contributed by atoms with Crippen LogP contribution in [0.15, 0.2) is 31.1 Å². The fourth-order valence-corrected chi connectivity index (χ4v) is 10.2. The van der Waals surface area contributed by atoms with Crippen LogP contribution in [-0.2, 0) is 11.3 Å². The van der Waals surface area contributed by atoms with Crippen molar-refractivity contribution in [2.75, 3.05) is 26.2 Å². The maximum Gasteiger partial charge on any atom is 0.320 e. The lowest BCUT2D eigenvalue weighted by atomic mass is 9.68. The number of piperidine rings is 2. The lowest BCUT2D eigenvalue weighted by Crippen LogP contribution is -2.80. The molecule has 0 spiro atoms. The summed E-state index contributed by atoms with van der Waals surface area (Å²) in [5.41, 5.74) is 1.11. The Bertz CT molecular complexity index is 1290. The first-order valence-corrected chi connectivity index (χ1v) is 17.9. The SMILES string of the molecule is C=CC(=O)N1CCN(C2NC(=O)N3C4NC(C(F)CC42)C2C(F)CCCC2c2ccn(c2)CCC2CCNC(C(C)C)C23)[C@@H](C)C1. The molecule has 0 aromatic carbocycles. The molecule has 254 valence electrons. The number of fused-ring (bicyclic) bond motifs is 8. The number of amides is 3.